The molecule has 4 rings (SSSR count). The average molecular weight is 412 g/mol. The number of benzene rings is 2. The third kappa shape index (κ3) is 4.15. The Morgan fingerprint density at radius 2 is 1.96 bits per heavy atom. The van der Waals surface area contributed by atoms with Crippen LogP contribution in [-0.2, 0) is 17.1 Å². The van der Waals surface area contributed by atoms with E-state index in [2.05, 4.69) is 46.7 Å². The van der Waals surface area contributed by atoms with Crippen molar-refractivity contribution in [3.8, 4) is 0 Å². The fraction of sp³-hybridized carbons (Fsp3) is 0.158. The molecule has 28 heavy (non-hydrogen) atoms. The monoisotopic (exact) mass is 412 g/mol. The number of fused-ring (bicyclic) bond motifs is 1. The molecule has 2 heterocycles. The number of thioether (sulfide) groups is 1. The van der Waals surface area contributed by atoms with Gasteiger partial charge in [0.05, 0.1) is 5.52 Å². The number of carbonyl (C=O) groups is 1. The summed E-state index contributed by atoms with van der Waals surface area (Å²) in [4.78, 5) is 24.3. The van der Waals surface area contributed by atoms with Crippen molar-refractivity contribution in [1.82, 2.24) is 14.8 Å². The molecule has 0 saturated heterocycles. The van der Waals surface area contributed by atoms with Crippen LogP contribution in [0.5, 0.6) is 0 Å². The predicted octanol–water partition coefficient (Wildman–Crippen LogP) is 3.69. The van der Waals surface area contributed by atoms with E-state index in [-0.39, 0.29) is 12.5 Å². The van der Waals surface area contributed by atoms with Gasteiger partial charge in [0.2, 0.25) is 11.0 Å². The van der Waals surface area contributed by atoms with Gasteiger partial charge in [0.1, 0.15) is 6.54 Å². The summed E-state index contributed by atoms with van der Waals surface area (Å²) in [6, 6.07) is 15.3. The number of para-hydroxylation sites is 2. The van der Waals surface area contributed by atoms with Crippen molar-refractivity contribution in [2.45, 2.75) is 23.6 Å². The van der Waals surface area contributed by atoms with Crippen LogP contribution in [-0.4, -0.2) is 20.7 Å². The number of aromatic nitrogens is 3. The molecule has 0 unspecified atom stereocenters. The highest BCUT2D eigenvalue weighted by Gasteiger charge is 2.14. The highest BCUT2D eigenvalue weighted by molar-refractivity contribution is 8.00. The van der Waals surface area contributed by atoms with E-state index in [9.17, 15) is 9.59 Å². The number of nitrogens with zero attached hydrogens (tertiary/aromatic N) is 3. The Labute approximate surface area is 168 Å². The van der Waals surface area contributed by atoms with E-state index in [1.807, 2.05) is 0 Å². The van der Waals surface area contributed by atoms with Gasteiger partial charge in [-0.1, -0.05) is 65.1 Å². The van der Waals surface area contributed by atoms with Crippen molar-refractivity contribution in [3.05, 3.63) is 70.2 Å². The number of aryl methyl sites for hydroxylation is 1. The maximum atomic E-state index is 12.3. The summed E-state index contributed by atoms with van der Waals surface area (Å²) in [5.41, 5.74) is 3.45. The van der Waals surface area contributed by atoms with Gasteiger partial charge in [0.25, 0.3) is 0 Å². The minimum Gasteiger partial charge on any atom is -0.408 e. The Morgan fingerprint density at radius 1 is 1.18 bits per heavy atom. The smallest absolute Gasteiger partial charge is 0.408 e. The highest BCUT2D eigenvalue weighted by atomic mass is 32.2. The van der Waals surface area contributed by atoms with Crippen molar-refractivity contribution in [2.24, 2.45) is 0 Å². The van der Waals surface area contributed by atoms with Crippen LogP contribution in [0.2, 0.25) is 0 Å². The molecule has 0 aliphatic rings. The van der Waals surface area contributed by atoms with Crippen LogP contribution in [0.25, 0.3) is 11.1 Å². The lowest BCUT2D eigenvalue weighted by atomic mass is 10.2. The Hall–Kier alpha value is -2.91. The van der Waals surface area contributed by atoms with Crippen molar-refractivity contribution < 1.29 is 9.21 Å². The summed E-state index contributed by atoms with van der Waals surface area (Å²) in [5.74, 6) is -0.151. The lowest BCUT2D eigenvalue weighted by Gasteiger charge is -2.02. The van der Waals surface area contributed by atoms with Gasteiger partial charge in [0, 0.05) is 5.75 Å². The second-order valence-electron chi connectivity index (χ2n) is 6.12. The lowest BCUT2D eigenvalue weighted by Crippen LogP contribution is -2.24. The zero-order valence-corrected chi connectivity index (χ0v) is 16.5. The summed E-state index contributed by atoms with van der Waals surface area (Å²) < 4.78 is 7.19. The zero-order chi connectivity index (χ0) is 19.5. The van der Waals surface area contributed by atoms with Crippen LogP contribution in [0.4, 0.5) is 5.13 Å². The predicted molar refractivity (Wildman–Crippen MR) is 110 cm³/mol. The molecule has 0 spiro atoms. The molecule has 0 saturated carbocycles. The van der Waals surface area contributed by atoms with Gasteiger partial charge in [-0.3, -0.25) is 14.7 Å². The minimum atomic E-state index is -0.567. The summed E-state index contributed by atoms with van der Waals surface area (Å²) in [6.45, 7) is 1.90. The van der Waals surface area contributed by atoms with E-state index in [1.165, 1.54) is 27.0 Å². The molecular weight excluding hydrogens is 396 g/mol. The summed E-state index contributed by atoms with van der Waals surface area (Å²) >= 11 is 2.86. The standard InChI is InChI=1S/C19H16N4O3S2/c1-12-6-8-13(9-7-12)11-27-18-22-21-17(28-18)20-16(24)10-23-14-4-2-3-5-15(14)26-19(23)25/h2-9H,10-11H2,1H3,(H,20,21,24). The van der Waals surface area contributed by atoms with Crippen LogP contribution in [0, 0.1) is 6.92 Å². The number of hydrogen-bond acceptors (Lipinski definition) is 7. The Morgan fingerprint density at radius 3 is 2.79 bits per heavy atom. The van der Waals surface area contributed by atoms with Crippen molar-refractivity contribution in [2.75, 3.05) is 5.32 Å². The van der Waals surface area contributed by atoms with E-state index in [1.54, 1.807) is 36.0 Å². The van der Waals surface area contributed by atoms with Gasteiger partial charge in [-0.15, -0.1) is 10.2 Å². The van der Waals surface area contributed by atoms with Gasteiger partial charge in [0.15, 0.2) is 9.92 Å². The molecular formula is C19H16N4O3S2. The number of nitrogens with one attached hydrogen (secondary N) is 1. The maximum absolute atomic E-state index is 12.3. The van der Waals surface area contributed by atoms with Gasteiger partial charge in [-0.05, 0) is 24.6 Å². The molecule has 2 aromatic heterocycles. The topological polar surface area (TPSA) is 90.0 Å². The molecule has 7 nitrogen and oxygen atoms in total. The molecule has 0 fully saturated rings. The molecule has 0 aliphatic carbocycles. The van der Waals surface area contributed by atoms with E-state index in [4.69, 9.17) is 4.42 Å². The molecule has 9 heteroatoms. The van der Waals surface area contributed by atoms with Crippen molar-refractivity contribution in [1.29, 1.82) is 0 Å². The summed E-state index contributed by atoms with van der Waals surface area (Å²) in [7, 11) is 0. The molecule has 2 aromatic carbocycles. The zero-order valence-electron chi connectivity index (χ0n) is 14.9. The quantitative estimate of drug-likeness (QED) is 0.384. The van der Waals surface area contributed by atoms with E-state index >= 15 is 0 Å². The van der Waals surface area contributed by atoms with E-state index < -0.39 is 5.76 Å². The molecule has 0 radical (unpaired) electrons. The number of anilines is 1. The molecule has 4 aromatic rings. The number of carbonyl (C=O) groups excluding carboxylic acids is 1. The molecule has 142 valence electrons. The fourth-order valence-corrected chi connectivity index (χ4v) is 4.34. The molecule has 0 aliphatic heterocycles. The highest BCUT2D eigenvalue weighted by Crippen LogP contribution is 2.28. The average Bonchev–Trinajstić information content (AvgIpc) is 3.25. The lowest BCUT2D eigenvalue weighted by molar-refractivity contribution is -0.116. The largest absolute Gasteiger partial charge is 0.420 e. The number of hydrogen-bond donors (Lipinski definition) is 1. The molecule has 1 N–H and O–H groups in total. The first kappa shape index (κ1) is 18.5. The van der Waals surface area contributed by atoms with Crippen LogP contribution >= 0.6 is 23.1 Å². The number of rotatable bonds is 6. The first-order valence-electron chi connectivity index (χ1n) is 8.48. The number of oxazole rings is 1. The van der Waals surface area contributed by atoms with Gasteiger partial charge in [-0.2, -0.15) is 0 Å². The Balaban J connectivity index is 1.38. The SMILES string of the molecule is Cc1ccc(CSc2nnc(NC(=O)Cn3c(=O)oc4ccccc43)s2)cc1. The van der Waals surface area contributed by atoms with Crippen molar-refractivity contribution in [3.63, 3.8) is 0 Å². The summed E-state index contributed by atoms with van der Waals surface area (Å²) in [6.07, 6.45) is 0. The van der Waals surface area contributed by atoms with Crippen LogP contribution in [0.1, 0.15) is 11.1 Å². The van der Waals surface area contributed by atoms with E-state index in [0.29, 0.717) is 16.2 Å². The van der Waals surface area contributed by atoms with Crippen LogP contribution < -0.4 is 11.1 Å². The van der Waals surface area contributed by atoms with Crippen LogP contribution in [0.3, 0.4) is 0 Å². The molecule has 0 atom stereocenters. The first-order chi connectivity index (χ1) is 13.6. The normalized spacial score (nSPS) is 11.0. The van der Waals surface area contributed by atoms with Gasteiger partial charge >= 0.3 is 5.76 Å². The second kappa shape index (κ2) is 7.99. The van der Waals surface area contributed by atoms with E-state index in [0.717, 1.165) is 10.1 Å². The fourth-order valence-electron chi connectivity index (χ4n) is 2.61. The van der Waals surface area contributed by atoms with Crippen LogP contribution in [0.15, 0.2) is 62.1 Å². The Bertz CT molecular complexity index is 1180. The van der Waals surface area contributed by atoms with Crippen molar-refractivity contribution >= 4 is 45.2 Å². The Kier molecular flexibility index (Phi) is 5.27. The van der Waals surface area contributed by atoms with Gasteiger partial charge < -0.3 is 4.42 Å². The summed E-state index contributed by atoms with van der Waals surface area (Å²) in [5, 5.41) is 11.2. The second-order valence-corrected chi connectivity index (χ2v) is 8.32. The molecule has 0 bridgehead atoms. The maximum Gasteiger partial charge on any atom is 0.420 e. The first-order valence-corrected chi connectivity index (χ1v) is 10.3. The minimum absolute atomic E-state index is 0.152. The van der Waals surface area contributed by atoms with Gasteiger partial charge in [-0.25, -0.2) is 4.79 Å². The third-order valence-electron chi connectivity index (χ3n) is 4.01. The number of amides is 1. The third-order valence-corrected chi connectivity index (χ3v) is 6.05. The molecule has 1 amide bonds.